The molecule has 0 aliphatic heterocycles. The molecule has 0 fully saturated rings. The zero-order valence-corrected chi connectivity index (χ0v) is 13.8. The van der Waals surface area contributed by atoms with Gasteiger partial charge in [0, 0.05) is 24.2 Å². The Morgan fingerprint density at radius 1 is 1.45 bits per heavy atom. The number of thiazole rings is 1. The van der Waals surface area contributed by atoms with Crippen LogP contribution in [0.1, 0.15) is 43.5 Å². The number of aromatic nitrogens is 2. The van der Waals surface area contributed by atoms with Gasteiger partial charge in [-0.3, -0.25) is 4.40 Å². The smallest absolute Gasteiger partial charge is 0.194 e. The van der Waals surface area contributed by atoms with E-state index in [-0.39, 0.29) is 0 Å². The summed E-state index contributed by atoms with van der Waals surface area (Å²) in [5.41, 5.74) is 1.59. The number of hydrogen-bond acceptors (Lipinski definition) is 4. The zero-order valence-electron chi connectivity index (χ0n) is 13.0. The molecule has 0 saturated carbocycles. The summed E-state index contributed by atoms with van der Waals surface area (Å²) in [6, 6.07) is 0. The van der Waals surface area contributed by atoms with Gasteiger partial charge in [0.15, 0.2) is 4.96 Å². The Morgan fingerprint density at radius 3 is 2.80 bits per heavy atom. The lowest BCUT2D eigenvalue weighted by atomic mass is 9.94. The van der Waals surface area contributed by atoms with Gasteiger partial charge in [0.2, 0.25) is 0 Å². The fraction of sp³-hybridized carbons (Fsp3) is 0.667. The Bertz CT molecular complexity index is 583. The van der Waals surface area contributed by atoms with Crippen LogP contribution in [-0.2, 0) is 6.54 Å². The molecule has 0 aliphatic carbocycles. The van der Waals surface area contributed by atoms with Gasteiger partial charge < -0.3 is 10.4 Å². The second kappa shape index (κ2) is 5.84. The van der Waals surface area contributed by atoms with Crippen molar-refractivity contribution < 1.29 is 5.11 Å². The summed E-state index contributed by atoms with van der Waals surface area (Å²) in [7, 11) is 0. The molecule has 2 N–H and O–H groups in total. The molecular weight excluding hydrogens is 270 g/mol. The minimum absolute atomic E-state index is 0.495. The Balaban J connectivity index is 2.00. The monoisotopic (exact) mass is 295 g/mol. The van der Waals surface area contributed by atoms with Crippen molar-refractivity contribution in [2.24, 2.45) is 5.92 Å². The maximum atomic E-state index is 10.3. The topological polar surface area (TPSA) is 49.6 Å². The molecule has 0 saturated heterocycles. The van der Waals surface area contributed by atoms with Crippen molar-refractivity contribution in [3.05, 3.63) is 22.5 Å². The van der Waals surface area contributed by atoms with E-state index in [0.717, 1.165) is 23.6 Å². The number of aryl methyl sites for hydroxylation is 2. The quantitative estimate of drug-likeness (QED) is 0.861. The van der Waals surface area contributed by atoms with Crippen molar-refractivity contribution in [1.82, 2.24) is 14.7 Å². The molecule has 0 radical (unpaired) electrons. The van der Waals surface area contributed by atoms with E-state index in [0.29, 0.717) is 12.5 Å². The van der Waals surface area contributed by atoms with Gasteiger partial charge in [-0.15, -0.1) is 11.3 Å². The van der Waals surface area contributed by atoms with Crippen LogP contribution in [0.5, 0.6) is 0 Å². The predicted octanol–water partition coefficient (Wildman–Crippen LogP) is 2.90. The number of imidazole rings is 1. The molecule has 2 aromatic rings. The molecule has 112 valence electrons. The molecule has 0 amide bonds. The third kappa shape index (κ3) is 3.59. The SMILES string of the molecule is Cc1cn2c(CNCC(C)(O)CC(C)C)c(C)nc2s1. The summed E-state index contributed by atoms with van der Waals surface area (Å²) in [6.07, 6.45) is 2.93. The fourth-order valence-corrected chi connectivity index (χ4v) is 3.61. The Labute approximate surface area is 124 Å². The highest BCUT2D eigenvalue weighted by Crippen LogP contribution is 2.21. The van der Waals surface area contributed by atoms with Gasteiger partial charge in [0.05, 0.1) is 17.0 Å². The standard InChI is InChI=1S/C15H25N3OS/c1-10(2)6-15(5,19)9-16-7-13-12(4)17-14-18(13)8-11(3)20-14/h8,10,16,19H,6-7,9H2,1-5H3. The second-order valence-electron chi connectivity index (χ2n) is 6.34. The lowest BCUT2D eigenvalue weighted by Crippen LogP contribution is -2.38. The number of hydrogen-bond donors (Lipinski definition) is 2. The van der Waals surface area contributed by atoms with Gasteiger partial charge >= 0.3 is 0 Å². The Hall–Kier alpha value is -0.910. The third-order valence-electron chi connectivity index (χ3n) is 3.39. The van der Waals surface area contributed by atoms with E-state index >= 15 is 0 Å². The van der Waals surface area contributed by atoms with Crippen LogP contribution in [0, 0.1) is 19.8 Å². The zero-order chi connectivity index (χ0) is 14.9. The molecule has 2 heterocycles. The molecule has 0 aliphatic rings. The average Bonchev–Trinajstić information content (AvgIpc) is 2.74. The molecule has 1 unspecified atom stereocenters. The van der Waals surface area contributed by atoms with E-state index in [1.165, 1.54) is 10.6 Å². The largest absolute Gasteiger partial charge is 0.389 e. The molecule has 0 aromatic carbocycles. The van der Waals surface area contributed by atoms with Crippen molar-refractivity contribution in [3.63, 3.8) is 0 Å². The molecule has 20 heavy (non-hydrogen) atoms. The Kier molecular flexibility index (Phi) is 4.52. The van der Waals surface area contributed by atoms with Gasteiger partial charge in [-0.2, -0.15) is 0 Å². The van der Waals surface area contributed by atoms with E-state index in [1.54, 1.807) is 11.3 Å². The lowest BCUT2D eigenvalue weighted by Gasteiger charge is -2.25. The number of nitrogens with zero attached hydrogens (tertiary/aromatic N) is 2. The lowest BCUT2D eigenvalue weighted by molar-refractivity contribution is 0.0382. The molecular formula is C15H25N3OS. The van der Waals surface area contributed by atoms with Crippen LogP contribution in [0.4, 0.5) is 0 Å². The van der Waals surface area contributed by atoms with Gasteiger partial charge in [0.1, 0.15) is 0 Å². The summed E-state index contributed by atoms with van der Waals surface area (Å²) in [5, 5.41) is 13.7. The molecule has 4 nitrogen and oxygen atoms in total. The van der Waals surface area contributed by atoms with Crippen molar-refractivity contribution >= 4 is 16.3 Å². The maximum Gasteiger partial charge on any atom is 0.194 e. The molecule has 2 rings (SSSR count). The molecule has 5 heteroatoms. The number of rotatable bonds is 6. The van der Waals surface area contributed by atoms with Crippen molar-refractivity contribution in [1.29, 1.82) is 0 Å². The van der Waals surface area contributed by atoms with Crippen LogP contribution < -0.4 is 5.32 Å². The summed E-state index contributed by atoms with van der Waals surface area (Å²) in [4.78, 5) is 6.89. The summed E-state index contributed by atoms with van der Waals surface area (Å²) in [6.45, 7) is 11.6. The minimum atomic E-state index is -0.656. The molecule has 0 spiro atoms. The number of aliphatic hydroxyl groups is 1. The average molecular weight is 295 g/mol. The van der Waals surface area contributed by atoms with Crippen molar-refractivity contribution in [3.8, 4) is 0 Å². The second-order valence-corrected chi connectivity index (χ2v) is 7.55. The van der Waals surface area contributed by atoms with Crippen LogP contribution in [-0.4, -0.2) is 26.6 Å². The van der Waals surface area contributed by atoms with Crippen molar-refractivity contribution in [2.75, 3.05) is 6.54 Å². The fourth-order valence-electron chi connectivity index (χ4n) is 2.72. The highest BCUT2D eigenvalue weighted by atomic mass is 32.1. The van der Waals surface area contributed by atoms with E-state index in [1.807, 2.05) is 13.8 Å². The van der Waals surface area contributed by atoms with E-state index in [9.17, 15) is 5.11 Å². The maximum absolute atomic E-state index is 10.3. The highest BCUT2D eigenvalue weighted by Gasteiger charge is 2.21. The number of fused-ring (bicyclic) bond motifs is 1. The first-order valence-corrected chi connectivity index (χ1v) is 7.97. The molecule has 1 atom stereocenters. The van der Waals surface area contributed by atoms with Gasteiger partial charge in [-0.1, -0.05) is 13.8 Å². The number of nitrogens with one attached hydrogen (secondary N) is 1. The summed E-state index contributed by atoms with van der Waals surface area (Å²) >= 11 is 1.71. The van der Waals surface area contributed by atoms with E-state index < -0.39 is 5.60 Å². The normalized spacial score (nSPS) is 15.2. The summed E-state index contributed by atoms with van der Waals surface area (Å²) in [5.74, 6) is 0.495. The minimum Gasteiger partial charge on any atom is -0.389 e. The van der Waals surface area contributed by atoms with E-state index in [2.05, 4.69) is 41.7 Å². The first-order chi connectivity index (χ1) is 9.28. The van der Waals surface area contributed by atoms with Crippen molar-refractivity contribution in [2.45, 2.75) is 53.2 Å². The van der Waals surface area contributed by atoms with Crippen LogP contribution in [0.25, 0.3) is 4.96 Å². The first-order valence-electron chi connectivity index (χ1n) is 7.15. The van der Waals surface area contributed by atoms with Gasteiger partial charge in [-0.25, -0.2) is 4.98 Å². The van der Waals surface area contributed by atoms with Crippen LogP contribution in [0.3, 0.4) is 0 Å². The Morgan fingerprint density at radius 2 is 2.15 bits per heavy atom. The van der Waals surface area contributed by atoms with Crippen LogP contribution in [0.15, 0.2) is 6.20 Å². The predicted molar refractivity (Wildman–Crippen MR) is 84.3 cm³/mol. The van der Waals surface area contributed by atoms with Crippen LogP contribution >= 0.6 is 11.3 Å². The van der Waals surface area contributed by atoms with Gasteiger partial charge in [0.25, 0.3) is 0 Å². The third-order valence-corrected chi connectivity index (χ3v) is 4.29. The molecule has 0 bridgehead atoms. The van der Waals surface area contributed by atoms with Crippen LogP contribution in [0.2, 0.25) is 0 Å². The first kappa shape index (κ1) is 15.5. The summed E-state index contributed by atoms with van der Waals surface area (Å²) < 4.78 is 2.15. The highest BCUT2D eigenvalue weighted by molar-refractivity contribution is 7.17. The van der Waals surface area contributed by atoms with Gasteiger partial charge in [-0.05, 0) is 33.1 Å². The van der Waals surface area contributed by atoms with E-state index in [4.69, 9.17) is 0 Å². The molecule has 2 aromatic heterocycles.